The van der Waals surface area contributed by atoms with E-state index in [-0.39, 0.29) is 12.1 Å². The maximum atomic E-state index is 12.4. The number of urea groups is 1. The smallest absolute Gasteiger partial charge is 0.317 e. The SMILES string of the molecule is CN(Cc1ccccn1)C(=O)NC1CCN(Cc2ccccn2)CC1. The van der Waals surface area contributed by atoms with E-state index < -0.39 is 0 Å². The number of hydrogen-bond acceptors (Lipinski definition) is 4. The van der Waals surface area contributed by atoms with E-state index in [2.05, 4.69) is 26.3 Å². The molecule has 1 aliphatic heterocycles. The molecule has 132 valence electrons. The standard InChI is InChI=1S/C19H25N5O/c1-23(14-17-6-2-4-10-20-17)19(25)22-16-8-12-24(13-9-16)15-18-7-3-5-11-21-18/h2-7,10-11,16H,8-9,12-15H2,1H3,(H,22,25). The molecule has 2 amide bonds. The Bertz CT molecular complexity index is 656. The Balaban J connectivity index is 1.41. The van der Waals surface area contributed by atoms with Crippen molar-refractivity contribution in [2.45, 2.75) is 32.0 Å². The number of nitrogens with one attached hydrogen (secondary N) is 1. The third kappa shape index (κ3) is 5.26. The molecule has 0 unspecified atom stereocenters. The lowest BCUT2D eigenvalue weighted by Gasteiger charge is -2.33. The minimum atomic E-state index is -0.0335. The minimum absolute atomic E-state index is 0.0335. The maximum absolute atomic E-state index is 12.4. The van der Waals surface area contributed by atoms with E-state index in [1.54, 1.807) is 18.1 Å². The molecule has 0 atom stereocenters. The molecule has 1 aliphatic rings. The monoisotopic (exact) mass is 339 g/mol. The zero-order valence-electron chi connectivity index (χ0n) is 14.6. The average molecular weight is 339 g/mol. The summed E-state index contributed by atoms with van der Waals surface area (Å²) in [4.78, 5) is 25.1. The number of rotatable bonds is 5. The van der Waals surface area contributed by atoms with Gasteiger partial charge >= 0.3 is 6.03 Å². The van der Waals surface area contributed by atoms with Crippen LogP contribution in [-0.2, 0) is 13.1 Å². The van der Waals surface area contributed by atoms with Gasteiger partial charge in [0.25, 0.3) is 0 Å². The van der Waals surface area contributed by atoms with Crippen LogP contribution in [0, 0.1) is 0 Å². The van der Waals surface area contributed by atoms with Crippen LogP contribution in [0.2, 0.25) is 0 Å². The number of nitrogens with zero attached hydrogens (tertiary/aromatic N) is 4. The van der Waals surface area contributed by atoms with Gasteiger partial charge in [0.15, 0.2) is 0 Å². The van der Waals surface area contributed by atoms with Crippen molar-refractivity contribution in [3.63, 3.8) is 0 Å². The number of carbonyl (C=O) groups is 1. The molecule has 2 aromatic rings. The van der Waals surface area contributed by atoms with Gasteiger partial charge in [0.2, 0.25) is 0 Å². The van der Waals surface area contributed by atoms with E-state index in [4.69, 9.17) is 0 Å². The minimum Gasteiger partial charge on any atom is -0.335 e. The number of amides is 2. The molecule has 6 heteroatoms. The lowest BCUT2D eigenvalue weighted by molar-refractivity contribution is 0.172. The van der Waals surface area contributed by atoms with Crippen LogP contribution in [0.25, 0.3) is 0 Å². The molecule has 3 rings (SSSR count). The Morgan fingerprint density at radius 3 is 2.36 bits per heavy atom. The summed E-state index contributed by atoms with van der Waals surface area (Å²) in [6.07, 6.45) is 5.52. The van der Waals surface area contributed by atoms with E-state index in [0.29, 0.717) is 6.54 Å². The van der Waals surface area contributed by atoms with Gasteiger partial charge in [0, 0.05) is 45.1 Å². The van der Waals surface area contributed by atoms with Crippen molar-refractivity contribution < 1.29 is 4.79 Å². The fourth-order valence-corrected chi connectivity index (χ4v) is 3.05. The topological polar surface area (TPSA) is 61.4 Å². The molecular weight excluding hydrogens is 314 g/mol. The highest BCUT2D eigenvalue weighted by atomic mass is 16.2. The Morgan fingerprint density at radius 1 is 1.12 bits per heavy atom. The second kappa shape index (κ2) is 8.58. The van der Waals surface area contributed by atoms with Crippen LogP contribution in [-0.4, -0.2) is 52.0 Å². The van der Waals surface area contributed by atoms with Crippen LogP contribution in [0.3, 0.4) is 0 Å². The first kappa shape index (κ1) is 17.4. The normalized spacial score (nSPS) is 15.7. The van der Waals surface area contributed by atoms with E-state index in [1.807, 2.05) is 36.5 Å². The Morgan fingerprint density at radius 2 is 1.76 bits per heavy atom. The summed E-state index contributed by atoms with van der Waals surface area (Å²) < 4.78 is 0. The Kier molecular flexibility index (Phi) is 5.95. The molecule has 1 N–H and O–H groups in total. The van der Waals surface area contributed by atoms with Gasteiger partial charge in [-0.05, 0) is 37.1 Å². The first-order chi connectivity index (χ1) is 12.2. The highest BCUT2D eigenvalue weighted by molar-refractivity contribution is 5.74. The number of pyridine rings is 2. The van der Waals surface area contributed by atoms with Crippen molar-refractivity contribution in [1.82, 2.24) is 25.1 Å². The summed E-state index contributed by atoms with van der Waals surface area (Å²) >= 11 is 0. The van der Waals surface area contributed by atoms with Crippen LogP contribution < -0.4 is 5.32 Å². The van der Waals surface area contributed by atoms with Gasteiger partial charge in [-0.1, -0.05) is 12.1 Å². The van der Waals surface area contributed by atoms with Crippen molar-refractivity contribution in [2.75, 3.05) is 20.1 Å². The van der Waals surface area contributed by atoms with E-state index in [9.17, 15) is 4.79 Å². The zero-order valence-corrected chi connectivity index (χ0v) is 14.6. The third-order valence-electron chi connectivity index (χ3n) is 4.50. The largest absolute Gasteiger partial charge is 0.335 e. The quantitative estimate of drug-likeness (QED) is 0.908. The first-order valence-electron chi connectivity index (χ1n) is 8.74. The molecule has 3 heterocycles. The summed E-state index contributed by atoms with van der Waals surface area (Å²) in [5.41, 5.74) is 1.99. The second-order valence-electron chi connectivity index (χ2n) is 6.50. The summed E-state index contributed by atoms with van der Waals surface area (Å²) in [5.74, 6) is 0. The van der Waals surface area contributed by atoms with E-state index in [1.165, 1.54) is 0 Å². The predicted octanol–water partition coefficient (Wildman–Crippen LogP) is 2.28. The lowest BCUT2D eigenvalue weighted by Crippen LogP contribution is -2.48. The van der Waals surface area contributed by atoms with Gasteiger partial charge in [0.05, 0.1) is 17.9 Å². The molecule has 0 bridgehead atoms. The van der Waals surface area contributed by atoms with Crippen molar-refractivity contribution in [1.29, 1.82) is 0 Å². The lowest BCUT2D eigenvalue weighted by atomic mass is 10.0. The molecule has 0 saturated carbocycles. The van der Waals surface area contributed by atoms with Gasteiger partial charge < -0.3 is 10.2 Å². The highest BCUT2D eigenvalue weighted by Gasteiger charge is 2.22. The Hall–Kier alpha value is -2.47. The number of likely N-dealkylation sites (tertiary alicyclic amines) is 1. The zero-order chi connectivity index (χ0) is 17.5. The number of aromatic nitrogens is 2. The number of hydrogen-bond donors (Lipinski definition) is 1. The summed E-state index contributed by atoms with van der Waals surface area (Å²) in [6, 6.07) is 12.0. The molecule has 1 fully saturated rings. The van der Waals surface area contributed by atoms with Gasteiger partial charge in [0.1, 0.15) is 0 Å². The van der Waals surface area contributed by atoms with Gasteiger partial charge in [-0.2, -0.15) is 0 Å². The number of piperidine rings is 1. The fourth-order valence-electron chi connectivity index (χ4n) is 3.05. The first-order valence-corrected chi connectivity index (χ1v) is 8.74. The Labute approximate surface area is 148 Å². The molecule has 0 aromatic carbocycles. The van der Waals surface area contributed by atoms with Gasteiger partial charge in [-0.3, -0.25) is 14.9 Å². The van der Waals surface area contributed by atoms with Crippen molar-refractivity contribution in [3.8, 4) is 0 Å². The van der Waals surface area contributed by atoms with Crippen LogP contribution in [0.5, 0.6) is 0 Å². The fraction of sp³-hybridized carbons (Fsp3) is 0.421. The summed E-state index contributed by atoms with van der Waals surface area (Å²) in [5, 5.41) is 3.14. The molecule has 6 nitrogen and oxygen atoms in total. The van der Waals surface area contributed by atoms with E-state index >= 15 is 0 Å². The molecule has 0 spiro atoms. The molecular formula is C19H25N5O. The summed E-state index contributed by atoms with van der Waals surface area (Å²) in [6.45, 7) is 3.35. The third-order valence-corrected chi connectivity index (χ3v) is 4.50. The number of carbonyl (C=O) groups excluding carboxylic acids is 1. The van der Waals surface area contributed by atoms with Crippen LogP contribution in [0.15, 0.2) is 48.8 Å². The molecule has 2 aromatic heterocycles. The maximum Gasteiger partial charge on any atom is 0.317 e. The van der Waals surface area contributed by atoms with Gasteiger partial charge in [-0.25, -0.2) is 4.79 Å². The molecule has 0 aliphatic carbocycles. The summed E-state index contributed by atoms with van der Waals surface area (Å²) in [7, 11) is 1.81. The van der Waals surface area contributed by atoms with Crippen molar-refractivity contribution in [3.05, 3.63) is 60.2 Å². The van der Waals surface area contributed by atoms with E-state index in [0.717, 1.165) is 43.9 Å². The van der Waals surface area contributed by atoms with Crippen molar-refractivity contribution in [2.24, 2.45) is 0 Å². The highest BCUT2D eigenvalue weighted by Crippen LogP contribution is 2.13. The molecule has 0 radical (unpaired) electrons. The van der Waals surface area contributed by atoms with Crippen LogP contribution in [0.1, 0.15) is 24.2 Å². The van der Waals surface area contributed by atoms with Crippen LogP contribution >= 0.6 is 0 Å². The van der Waals surface area contributed by atoms with Crippen LogP contribution in [0.4, 0.5) is 4.79 Å². The average Bonchev–Trinajstić information content (AvgIpc) is 2.65. The van der Waals surface area contributed by atoms with Crippen molar-refractivity contribution >= 4 is 6.03 Å². The second-order valence-corrected chi connectivity index (χ2v) is 6.50. The van der Waals surface area contributed by atoms with Gasteiger partial charge in [-0.15, -0.1) is 0 Å². The predicted molar refractivity (Wildman–Crippen MR) is 96.8 cm³/mol. The molecule has 25 heavy (non-hydrogen) atoms. The molecule has 1 saturated heterocycles.